The first kappa shape index (κ1) is 12.8. The number of rotatable bonds is 2. The van der Waals surface area contributed by atoms with E-state index < -0.39 is 0 Å². The lowest BCUT2D eigenvalue weighted by molar-refractivity contribution is 0.0517. The molecule has 1 aliphatic heterocycles. The van der Waals surface area contributed by atoms with Gasteiger partial charge in [0.05, 0.1) is 11.0 Å². The highest BCUT2D eigenvalue weighted by Gasteiger charge is 2.23. The Balaban J connectivity index is 2.05. The van der Waals surface area contributed by atoms with E-state index >= 15 is 0 Å². The first-order valence-electron chi connectivity index (χ1n) is 6.64. The minimum atomic E-state index is -0.227. The predicted molar refractivity (Wildman–Crippen MR) is 75.3 cm³/mol. The van der Waals surface area contributed by atoms with Crippen LogP contribution >= 0.6 is 12.2 Å². The van der Waals surface area contributed by atoms with Gasteiger partial charge in [-0.15, -0.1) is 0 Å². The molecule has 1 N–H and O–H groups in total. The highest BCUT2D eigenvalue weighted by Crippen LogP contribution is 2.30. The summed E-state index contributed by atoms with van der Waals surface area (Å²) in [5, 5.41) is 0. The zero-order valence-corrected chi connectivity index (χ0v) is 11.7. The SMILES string of the molecule is CC(C1CCOCC1)n1c(=S)[nH]c2ccc(F)cc21. The largest absolute Gasteiger partial charge is 0.381 e. The van der Waals surface area contributed by atoms with Crippen molar-refractivity contribution in [2.75, 3.05) is 13.2 Å². The number of fused-ring (bicyclic) bond motifs is 1. The number of aromatic nitrogens is 2. The number of ether oxygens (including phenoxy) is 1. The van der Waals surface area contributed by atoms with E-state index in [0.29, 0.717) is 10.7 Å². The second kappa shape index (κ2) is 5.06. The van der Waals surface area contributed by atoms with Crippen LogP contribution in [0.5, 0.6) is 0 Å². The van der Waals surface area contributed by atoms with E-state index in [4.69, 9.17) is 17.0 Å². The van der Waals surface area contributed by atoms with Crippen molar-refractivity contribution in [3.05, 3.63) is 28.8 Å². The third kappa shape index (κ3) is 2.32. The fourth-order valence-corrected chi connectivity index (χ4v) is 3.28. The number of halogens is 1. The van der Waals surface area contributed by atoms with E-state index in [9.17, 15) is 4.39 Å². The van der Waals surface area contributed by atoms with Crippen LogP contribution in [0.4, 0.5) is 4.39 Å². The molecule has 0 spiro atoms. The van der Waals surface area contributed by atoms with Gasteiger partial charge in [-0.3, -0.25) is 0 Å². The van der Waals surface area contributed by atoms with Gasteiger partial charge in [0.1, 0.15) is 5.82 Å². The maximum Gasteiger partial charge on any atom is 0.178 e. The van der Waals surface area contributed by atoms with Crippen LogP contribution in [-0.4, -0.2) is 22.8 Å². The van der Waals surface area contributed by atoms with Gasteiger partial charge in [-0.2, -0.15) is 0 Å². The Bertz CT molecular complexity index is 642. The van der Waals surface area contributed by atoms with Gasteiger partial charge in [0, 0.05) is 19.3 Å². The van der Waals surface area contributed by atoms with E-state index in [0.717, 1.165) is 37.1 Å². The number of hydrogen-bond acceptors (Lipinski definition) is 2. The van der Waals surface area contributed by atoms with E-state index in [1.165, 1.54) is 6.07 Å². The zero-order valence-electron chi connectivity index (χ0n) is 10.9. The van der Waals surface area contributed by atoms with Gasteiger partial charge in [0.15, 0.2) is 4.77 Å². The van der Waals surface area contributed by atoms with Crippen molar-refractivity contribution in [2.45, 2.75) is 25.8 Å². The number of H-pyrrole nitrogens is 1. The predicted octanol–water partition coefficient (Wildman–Crippen LogP) is 3.83. The molecule has 1 unspecified atom stereocenters. The molecule has 0 aliphatic carbocycles. The van der Waals surface area contributed by atoms with Crippen LogP contribution in [0.3, 0.4) is 0 Å². The maximum atomic E-state index is 13.5. The Morgan fingerprint density at radius 2 is 2.16 bits per heavy atom. The summed E-state index contributed by atoms with van der Waals surface area (Å²) in [5.41, 5.74) is 1.74. The molecule has 0 amide bonds. The highest BCUT2D eigenvalue weighted by atomic mass is 32.1. The van der Waals surface area contributed by atoms with Gasteiger partial charge in [-0.1, -0.05) is 0 Å². The standard InChI is InChI=1S/C14H17FN2OS/c1-9(10-4-6-18-7-5-10)17-13-8-11(15)2-3-12(13)16-14(17)19/h2-3,8-10H,4-7H2,1H3,(H,16,19). The van der Waals surface area contributed by atoms with Crippen molar-refractivity contribution in [3.63, 3.8) is 0 Å². The second-order valence-corrected chi connectivity index (χ2v) is 5.54. The molecule has 3 rings (SSSR count). The van der Waals surface area contributed by atoms with Crippen LogP contribution in [0.1, 0.15) is 25.8 Å². The molecular formula is C14H17FN2OS. The topological polar surface area (TPSA) is 29.9 Å². The Morgan fingerprint density at radius 3 is 2.89 bits per heavy atom. The molecule has 19 heavy (non-hydrogen) atoms. The molecule has 102 valence electrons. The van der Waals surface area contributed by atoms with Crippen LogP contribution < -0.4 is 0 Å². The minimum Gasteiger partial charge on any atom is -0.381 e. The monoisotopic (exact) mass is 280 g/mol. The third-order valence-electron chi connectivity index (χ3n) is 4.04. The van der Waals surface area contributed by atoms with Crippen LogP contribution in [0.2, 0.25) is 0 Å². The summed E-state index contributed by atoms with van der Waals surface area (Å²) in [6.45, 7) is 3.77. The summed E-state index contributed by atoms with van der Waals surface area (Å²) in [4.78, 5) is 3.15. The summed E-state index contributed by atoms with van der Waals surface area (Å²) in [6.07, 6.45) is 2.07. The molecule has 1 atom stereocenters. The molecular weight excluding hydrogens is 263 g/mol. The molecule has 2 aromatic rings. The molecule has 0 saturated carbocycles. The van der Waals surface area contributed by atoms with Gasteiger partial charge in [0.25, 0.3) is 0 Å². The highest BCUT2D eigenvalue weighted by molar-refractivity contribution is 7.71. The summed E-state index contributed by atoms with van der Waals surface area (Å²) in [6, 6.07) is 5.01. The number of nitrogens with zero attached hydrogens (tertiary/aromatic N) is 1. The molecule has 1 fully saturated rings. The van der Waals surface area contributed by atoms with Crippen molar-refractivity contribution in [2.24, 2.45) is 5.92 Å². The van der Waals surface area contributed by atoms with Gasteiger partial charge < -0.3 is 14.3 Å². The maximum absolute atomic E-state index is 13.5. The smallest absolute Gasteiger partial charge is 0.178 e. The molecule has 1 aromatic heterocycles. The molecule has 3 nitrogen and oxygen atoms in total. The number of hydrogen-bond donors (Lipinski definition) is 1. The molecule has 5 heteroatoms. The van der Waals surface area contributed by atoms with Crippen LogP contribution in [-0.2, 0) is 4.74 Å². The minimum absolute atomic E-state index is 0.227. The molecule has 1 aromatic carbocycles. The Morgan fingerprint density at radius 1 is 1.42 bits per heavy atom. The average Bonchev–Trinajstić information content (AvgIpc) is 2.74. The summed E-state index contributed by atoms with van der Waals surface area (Å²) < 4.78 is 21.6. The van der Waals surface area contributed by atoms with Crippen molar-refractivity contribution < 1.29 is 9.13 Å². The van der Waals surface area contributed by atoms with Crippen molar-refractivity contribution in [3.8, 4) is 0 Å². The number of nitrogens with one attached hydrogen (secondary N) is 1. The third-order valence-corrected chi connectivity index (χ3v) is 4.33. The fraction of sp³-hybridized carbons (Fsp3) is 0.500. The average molecular weight is 280 g/mol. The quantitative estimate of drug-likeness (QED) is 0.847. The first-order valence-corrected chi connectivity index (χ1v) is 7.05. The van der Waals surface area contributed by atoms with E-state index in [1.807, 2.05) is 4.57 Å². The van der Waals surface area contributed by atoms with Crippen molar-refractivity contribution in [1.29, 1.82) is 0 Å². The lowest BCUT2D eigenvalue weighted by Gasteiger charge is -2.29. The van der Waals surface area contributed by atoms with Crippen LogP contribution in [0.15, 0.2) is 18.2 Å². The lowest BCUT2D eigenvalue weighted by atomic mass is 9.92. The van der Waals surface area contributed by atoms with E-state index in [2.05, 4.69) is 11.9 Å². The van der Waals surface area contributed by atoms with E-state index in [1.54, 1.807) is 12.1 Å². The Hall–Kier alpha value is -1.20. The van der Waals surface area contributed by atoms with Gasteiger partial charge in [-0.25, -0.2) is 4.39 Å². The zero-order chi connectivity index (χ0) is 13.4. The molecule has 1 aliphatic rings. The second-order valence-electron chi connectivity index (χ2n) is 5.15. The van der Waals surface area contributed by atoms with E-state index in [-0.39, 0.29) is 11.9 Å². The van der Waals surface area contributed by atoms with Gasteiger partial charge in [-0.05, 0) is 56.1 Å². The van der Waals surface area contributed by atoms with Gasteiger partial charge >= 0.3 is 0 Å². The summed E-state index contributed by atoms with van der Waals surface area (Å²) >= 11 is 5.40. The Kier molecular flexibility index (Phi) is 3.41. The summed E-state index contributed by atoms with van der Waals surface area (Å²) in [5.74, 6) is 0.303. The number of benzene rings is 1. The van der Waals surface area contributed by atoms with Crippen LogP contribution in [0, 0.1) is 16.5 Å². The normalized spacial score (nSPS) is 18.8. The fourth-order valence-electron chi connectivity index (χ4n) is 2.91. The van der Waals surface area contributed by atoms with Gasteiger partial charge in [0.2, 0.25) is 0 Å². The number of aromatic amines is 1. The molecule has 0 radical (unpaired) electrons. The molecule has 2 heterocycles. The van der Waals surface area contributed by atoms with Crippen molar-refractivity contribution in [1.82, 2.24) is 9.55 Å². The molecule has 1 saturated heterocycles. The van der Waals surface area contributed by atoms with Crippen molar-refractivity contribution >= 4 is 23.3 Å². The summed E-state index contributed by atoms with van der Waals surface area (Å²) in [7, 11) is 0. The Labute approximate surface area is 116 Å². The number of imidazole rings is 1. The molecule has 0 bridgehead atoms. The van der Waals surface area contributed by atoms with Crippen LogP contribution in [0.25, 0.3) is 11.0 Å². The first-order chi connectivity index (χ1) is 9.16. The lowest BCUT2D eigenvalue weighted by Crippen LogP contribution is -2.24.